The zero-order chi connectivity index (χ0) is 23.4. The Hall–Kier alpha value is -2.70. The number of pyridine rings is 1. The van der Waals surface area contributed by atoms with Crippen molar-refractivity contribution in [3.8, 4) is 11.5 Å². The number of hydrogen-bond acceptors (Lipinski definition) is 5. The highest BCUT2D eigenvalue weighted by Crippen LogP contribution is 2.32. The molecule has 0 fully saturated rings. The van der Waals surface area contributed by atoms with Crippen LogP contribution in [0.25, 0.3) is 10.8 Å². The minimum atomic E-state index is -0.628. The third kappa shape index (κ3) is 6.91. The summed E-state index contributed by atoms with van der Waals surface area (Å²) in [5.74, 6) is 0.564. The number of benzene rings is 1. The first-order valence-electron chi connectivity index (χ1n) is 10.8. The average Bonchev–Trinajstić information content (AvgIpc) is 2.62. The summed E-state index contributed by atoms with van der Waals surface area (Å²) in [6.45, 7) is 14.6. The molecule has 31 heavy (non-hydrogen) atoms. The summed E-state index contributed by atoms with van der Waals surface area (Å²) < 4.78 is 13.1. The van der Waals surface area contributed by atoms with Crippen molar-refractivity contribution in [2.75, 3.05) is 6.61 Å². The number of rotatable bonds is 7. The number of hydrogen-bond donors (Lipinski definition) is 2. The zero-order valence-corrected chi connectivity index (χ0v) is 19.8. The number of alkyl carbamates (subject to hydrolysis) is 1. The molecule has 172 valence electrons. The van der Waals surface area contributed by atoms with Gasteiger partial charge in [-0.3, -0.25) is 4.79 Å². The maximum atomic E-state index is 13.4. The number of amides is 1. The monoisotopic (exact) mass is 432 g/mol. The van der Waals surface area contributed by atoms with Crippen molar-refractivity contribution in [1.82, 2.24) is 9.88 Å². The van der Waals surface area contributed by atoms with Gasteiger partial charge in [0.1, 0.15) is 17.1 Å². The molecule has 0 spiro atoms. The summed E-state index contributed by atoms with van der Waals surface area (Å²) in [5.41, 5.74) is -0.476. The molecule has 2 rings (SSSR count). The first-order chi connectivity index (χ1) is 14.3. The van der Waals surface area contributed by atoms with E-state index in [0.29, 0.717) is 35.4 Å². The van der Waals surface area contributed by atoms with Crippen LogP contribution >= 0.6 is 0 Å². The van der Waals surface area contributed by atoms with Gasteiger partial charge in [-0.25, -0.2) is 4.79 Å². The number of ether oxygens (including phenoxy) is 2. The summed E-state index contributed by atoms with van der Waals surface area (Å²) in [6, 6.07) is 4.69. The second kappa shape index (κ2) is 9.62. The van der Waals surface area contributed by atoms with Crippen molar-refractivity contribution in [3.63, 3.8) is 0 Å². The molecule has 1 amide bonds. The van der Waals surface area contributed by atoms with Crippen LogP contribution in [0.5, 0.6) is 11.5 Å². The minimum Gasteiger partial charge on any atom is -0.508 e. The number of nitrogens with one attached hydrogen (secondary N) is 1. The molecule has 0 saturated heterocycles. The molecule has 0 radical (unpaired) electrons. The van der Waals surface area contributed by atoms with Gasteiger partial charge in [0.25, 0.3) is 5.56 Å². The van der Waals surface area contributed by atoms with Gasteiger partial charge < -0.3 is 24.5 Å². The quantitative estimate of drug-likeness (QED) is 0.604. The smallest absolute Gasteiger partial charge is 0.407 e. The van der Waals surface area contributed by atoms with Gasteiger partial charge in [0.05, 0.1) is 24.2 Å². The predicted octanol–water partition coefficient (Wildman–Crippen LogP) is 4.96. The van der Waals surface area contributed by atoms with E-state index in [9.17, 15) is 14.7 Å². The number of fused-ring (bicyclic) bond motifs is 1. The lowest BCUT2D eigenvalue weighted by atomic mass is 9.96. The number of aromatic hydroxyl groups is 1. The van der Waals surface area contributed by atoms with E-state index in [2.05, 4.69) is 12.2 Å². The molecule has 7 heteroatoms. The standard InChI is InChI=1S/C24H36N2O5/c1-8-9-12-30-20-17-11-10-16(27)13-18(17)21(28)26(15-23(2,3)4)19(20)14-25-22(29)31-24(5,6)7/h10-11,13,27H,8-9,12,14-15H2,1-7H3,(H,25,29). The fraction of sp³-hybridized carbons (Fsp3) is 0.583. The van der Waals surface area contributed by atoms with Crippen molar-refractivity contribution in [1.29, 1.82) is 0 Å². The predicted molar refractivity (Wildman–Crippen MR) is 123 cm³/mol. The maximum Gasteiger partial charge on any atom is 0.407 e. The van der Waals surface area contributed by atoms with Crippen molar-refractivity contribution in [3.05, 3.63) is 34.2 Å². The largest absolute Gasteiger partial charge is 0.508 e. The third-order valence-electron chi connectivity index (χ3n) is 4.49. The molecule has 1 aromatic heterocycles. The highest BCUT2D eigenvalue weighted by atomic mass is 16.6. The molecule has 1 heterocycles. The Kier molecular flexibility index (Phi) is 7.63. The molecule has 7 nitrogen and oxygen atoms in total. The van der Waals surface area contributed by atoms with E-state index in [-0.39, 0.29) is 23.3 Å². The molecule has 0 aliphatic carbocycles. The number of aromatic nitrogens is 1. The van der Waals surface area contributed by atoms with Crippen LogP contribution in [0.2, 0.25) is 0 Å². The number of phenolic OH excluding ortho intramolecular Hbond substituents is 1. The number of unbranched alkanes of at least 4 members (excludes halogenated alkanes) is 1. The van der Waals surface area contributed by atoms with Gasteiger partial charge in [-0.05, 0) is 50.8 Å². The van der Waals surface area contributed by atoms with Gasteiger partial charge in [0.15, 0.2) is 0 Å². The number of carbonyl (C=O) groups excluding carboxylic acids is 1. The second-order valence-electron chi connectivity index (χ2n) is 10.0. The molecule has 0 saturated carbocycles. The van der Waals surface area contributed by atoms with Crippen LogP contribution in [0.1, 0.15) is 67.0 Å². The van der Waals surface area contributed by atoms with Gasteiger partial charge in [-0.15, -0.1) is 0 Å². The molecular weight excluding hydrogens is 396 g/mol. The summed E-state index contributed by atoms with van der Waals surface area (Å²) in [5, 5.41) is 13.7. The molecule has 0 atom stereocenters. The molecule has 0 unspecified atom stereocenters. The van der Waals surface area contributed by atoms with Crippen LogP contribution in [0.4, 0.5) is 4.79 Å². The lowest BCUT2D eigenvalue weighted by Crippen LogP contribution is -2.36. The Morgan fingerprint density at radius 1 is 1.13 bits per heavy atom. The van der Waals surface area contributed by atoms with Crippen LogP contribution in [0, 0.1) is 5.41 Å². The van der Waals surface area contributed by atoms with E-state index >= 15 is 0 Å². The van der Waals surface area contributed by atoms with E-state index < -0.39 is 11.7 Å². The van der Waals surface area contributed by atoms with E-state index in [1.54, 1.807) is 31.4 Å². The van der Waals surface area contributed by atoms with E-state index in [1.807, 2.05) is 20.8 Å². The van der Waals surface area contributed by atoms with Gasteiger partial charge in [-0.1, -0.05) is 34.1 Å². The van der Waals surface area contributed by atoms with Gasteiger partial charge >= 0.3 is 6.09 Å². The first-order valence-corrected chi connectivity index (χ1v) is 10.8. The highest BCUT2D eigenvalue weighted by Gasteiger charge is 2.23. The summed E-state index contributed by atoms with van der Waals surface area (Å²) in [7, 11) is 0. The van der Waals surface area contributed by atoms with Crippen LogP contribution in [0.15, 0.2) is 23.0 Å². The molecule has 2 N–H and O–H groups in total. The van der Waals surface area contributed by atoms with E-state index in [4.69, 9.17) is 9.47 Å². The second-order valence-corrected chi connectivity index (χ2v) is 10.0. The fourth-order valence-corrected chi connectivity index (χ4v) is 3.22. The Balaban J connectivity index is 2.63. The molecule has 1 aromatic carbocycles. The topological polar surface area (TPSA) is 89.8 Å². The number of nitrogens with zero attached hydrogens (tertiary/aromatic N) is 1. The van der Waals surface area contributed by atoms with E-state index in [0.717, 1.165) is 12.8 Å². The van der Waals surface area contributed by atoms with Crippen LogP contribution in [-0.2, 0) is 17.8 Å². The van der Waals surface area contributed by atoms with Crippen LogP contribution in [-0.4, -0.2) is 28.0 Å². The van der Waals surface area contributed by atoms with Crippen LogP contribution in [0.3, 0.4) is 0 Å². The summed E-state index contributed by atoms with van der Waals surface area (Å²) in [4.78, 5) is 25.7. The van der Waals surface area contributed by atoms with Crippen molar-refractivity contribution >= 4 is 16.9 Å². The highest BCUT2D eigenvalue weighted by molar-refractivity contribution is 5.89. The van der Waals surface area contributed by atoms with Gasteiger partial charge in [0, 0.05) is 11.9 Å². The van der Waals surface area contributed by atoms with Crippen molar-refractivity contribution < 1.29 is 19.4 Å². The molecule has 0 aliphatic rings. The molecular formula is C24H36N2O5. The molecule has 2 aromatic rings. The van der Waals surface area contributed by atoms with Gasteiger partial charge in [-0.2, -0.15) is 0 Å². The Bertz CT molecular complexity index is 981. The average molecular weight is 433 g/mol. The first kappa shape index (κ1) is 24.6. The lowest BCUT2D eigenvalue weighted by Gasteiger charge is -2.26. The summed E-state index contributed by atoms with van der Waals surface area (Å²) in [6.07, 6.45) is 1.26. The van der Waals surface area contributed by atoms with Crippen molar-refractivity contribution in [2.24, 2.45) is 5.41 Å². The number of phenols is 1. The normalized spacial score (nSPS) is 12.1. The number of carbonyl (C=O) groups is 1. The Morgan fingerprint density at radius 2 is 1.81 bits per heavy atom. The zero-order valence-electron chi connectivity index (χ0n) is 19.8. The summed E-state index contributed by atoms with van der Waals surface area (Å²) >= 11 is 0. The maximum absolute atomic E-state index is 13.4. The molecule has 0 bridgehead atoms. The lowest BCUT2D eigenvalue weighted by molar-refractivity contribution is 0.0521. The van der Waals surface area contributed by atoms with Crippen LogP contribution < -0.4 is 15.6 Å². The fourth-order valence-electron chi connectivity index (χ4n) is 3.22. The SMILES string of the molecule is CCCCOc1c(CNC(=O)OC(C)(C)C)n(CC(C)(C)C)c(=O)c2cc(O)ccc12. The van der Waals surface area contributed by atoms with Crippen molar-refractivity contribution in [2.45, 2.75) is 80.0 Å². The van der Waals surface area contributed by atoms with E-state index in [1.165, 1.54) is 12.1 Å². The Morgan fingerprint density at radius 3 is 2.39 bits per heavy atom. The molecule has 0 aliphatic heterocycles. The minimum absolute atomic E-state index is 0.0195. The third-order valence-corrected chi connectivity index (χ3v) is 4.49. The van der Waals surface area contributed by atoms with Gasteiger partial charge in [0.2, 0.25) is 0 Å². The Labute approximate surface area is 184 Å².